The number of alkyl halides is 3. The summed E-state index contributed by atoms with van der Waals surface area (Å²) in [6.45, 7) is 0. The van der Waals surface area contributed by atoms with Gasteiger partial charge in [0.2, 0.25) is 5.91 Å². The molecule has 0 aliphatic heterocycles. The molecule has 4 aromatic rings. The highest BCUT2D eigenvalue weighted by atomic mass is 32.2. The van der Waals surface area contributed by atoms with E-state index in [1.807, 2.05) is 18.2 Å². The molecule has 0 unspecified atom stereocenters. The van der Waals surface area contributed by atoms with Crippen LogP contribution in [0.2, 0.25) is 0 Å². The fourth-order valence-electron chi connectivity index (χ4n) is 2.91. The van der Waals surface area contributed by atoms with Gasteiger partial charge >= 0.3 is 6.18 Å². The Morgan fingerprint density at radius 3 is 2.31 bits per heavy atom. The Kier molecular flexibility index (Phi) is 6.22. The SMILES string of the molecule is O=C(CSc1nnc(-c2ccccn2)n1-c1ccc(C(F)(F)F)cc1)Nc1ccccc1. The van der Waals surface area contributed by atoms with E-state index in [-0.39, 0.29) is 11.7 Å². The molecule has 0 bridgehead atoms. The smallest absolute Gasteiger partial charge is 0.325 e. The highest BCUT2D eigenvalue weighted by Crippen LogP contribution is 2.32. The summed E-state index contributed by atoms with van der Waals surface area (Å²) in [5, 5.41) is 11.5. The van der Waals surface area contributed by atoms with E-state index in [1.54, 1.807) is 41.1 Å². The van der Waals surface area contributed by atoms with Crippen molar-refractivity contribution in [2.24, 2.45) is 0 Å². The molecule has 10 heteroatoms. The molecule has 162 valence electrons. The second kappa shape index (κ2) is 9.23. The van der Waals surface area contributed by atoms with Gasteiger partial charge in [-0.15, -0.1) is 10.2 Å². The topological polar surface area (TPSA) is 72.7 Å². The maximum absolute atomic E-state index is 13.0. The molecule has 0 fully saturated rings. The zero-order valence-corrected chi connectivity index (χ0v) is 17.3. The summed E-state index contributed by atoms with van der Waals surface area (Å²) in [5.41, 5.74) is 0.830. The molecule has 0 atom stereocenters. The van der Waals surface area contributed by atoms with Crippen LogP contribution in [0.25, 0.3) is 17.2 Å². The van der Waals surface area contributed by atoms with E-state index in [1.165, 1.54) is 12.1 Å². The molecule has 2 heterocycles. The lowest BCUT2D eigenvalue weighted by atomic mass is 10.2. The molecule has 1 amide bonds. The molecule has 0 saturated carbocycles. The molecular formula is C22H16F3N5OS. The lowest BCUT2D eigenvalue weighted by Gasteiger charge is -2.12. The van der Waals surface area contributed by atoms with Crippen molar-refractivity contribution in [1.82, 2.24) is 19.7 Å². The van der Waals surface area contributed by atoms with Crippen LogP contribution in [-0.2, 0) is 11.0 Å². The van der Waals surface area contributed by atoms with Gasteiger partial charge in [0, 0.05) is 17.6 Å². The van der Waals surface area contributed by atoms with Crippen molar-refractivity contribution >= 4 is 23.4 Å². The van der Waals surface area contributed by atoms with E-state index in [2.05, 4.69) is 20.5 Å². The predicted octanol–water partition coefficient (Wildman–Crippen LogP) is 5.08. The Labute approximate surface area is 185 Å². The maximum atomic E-state index is 13.0. The van der Waals surface area contributed by atoms with Gasteiger partial charge in [-0.25, -0.2) is 0 Å². The number of nitrogens with one attached hydrogen (secondary N) is 1. The van der Waals surface area contributed by atoms with Gasteiger partial charge in [0.05, 0.1) is 11.3 Å². The van der Waals surface area contributed by atoms with Crippen LogP contribution in [0.1, 0.15) is 5.56 Å². The number of carbonyl (C=O) groups is 1. The van der Waals surface area contributed by atoms with Gasteiger partial charge in [0.15, 0.2) is 11.0 Å². The number of carbonyl (C=O) groups excluding carboxylic acids is 1. The number of anilines is 1. The van der Waals surface area contributed by atoms with Crippen LogP contribution in [0.4, 0.5) is 18.9 Å². The zero-order valence-electron chi connectivity index (χ0n) is 16.5. The molecule has 32 heavy (non-hydrogen) atoms. The molecule has 2 aromatic carbocycles. The number of hydrogen-bond acceptors (Lipinski definition) is 5. The largest absolute Gasteiger partial charge is 0.416 e. The van der Waals surface area contributed by atoms with Crippen LogP contribution in [-0.4, -0.2) is 31.4 Å². The van der Waals surface area contributed by atoms with E-state index >= 15 is 0 Å². The van der Waals surface area contributed by atoms with Crippen molar-refractivity contribution < 1.29 is 18.0 Å². The summed E-state index contributed by atoms with van der Waals surface area (Å²) in [4.78, 5) is 16.6. The van der Waals surface area contributed by atoms with E-state index in [0.29, 0.717) is 28.0 Å². The number of thioether (sulfide) groups is 1. The predicted molar refractivity (Wildman–Crippen MR) is 115 cm³/mol. The van der Waals surface area contributed by atoms with Crippen molar-refractivity contribution in [2.45, 2.75) is 11.3 Å². The normalized spacial score (nSPS) is 11.3. The van der Waals surface area contributed by atoms with E-state index < -0.39 is 11.7 Å². The molecule has 6 nitrogen and oxygen atoms in total. The fourth-order valence-corrected chi connectivity index (χ4v) is 3.66. The van der Waals surface area contributed by atoms with Crippen LogP contribution in [0.5, 0.6) is 0 Å². The van der Waals surface area contributed by atoms with E-state index in [0.717, 1.165) is 23.9 Å². The summed E-state index contributed by atoms with van der Waals surface area (Å²) >= 11 is 1.12. The van der Waals surface area contributed by atoms with Crippen molar-refractivity contribution in [3.8, 4) is 17.2 Å². The molecule has 0 aliphatic carbocycles. The van der Waals surface area contributed by atoms with Crippen LogP contribution < -0.4 is 5.32 Å². The first-order chi connectivity index (χ1) is 15.4. The number of nitrogens with zero attached hydrogens (tertiary/aromatic N) is 4. The molecule has 4 rings (SSSR count). The van der Waals surface area contributed by atoms with E-state index in [9.17, 15) is 18.0 Å². The number of para-hydroxylation sites is 1. The average Bonchev–Trinajstić information content (AvgIpc) is 3.22. The Morgan fingerprint density at radius 1 is 0.938 bits per heavy atom. The highest BCUT2D eigenvalue weighted by molar-refractivity contribution is 7.99. The molecule has 0 aliphatic rings. The lowest BCUT2D eigenvalue weighted by molar-refractivity contribution is -0.137. The first kappa shape index (κ1) is 21.6. The lowest BCUT2D eigenvalue weighted by Crippen LogP contribution is -2.14. The first-order valence-electron chi connectivity index (χ1n) is 9.44. The van der Waals surface area contributed by atoms with Gasteiger partial charge < -0.3 is 5.32 Å². The van der Waals surface area contributed by atoms with Crippen LogP contribution in [0.3, 0.4) is 0 Å². The minimum Gasteiger partial charge on any atom is -0.325 e. The second-order valence-electron chi connectivity index (χ2n) is 6.60. The van der Waals surface area contributed by atoms with Crippen molar-refractivity contribution in [2.75, 3.05) is 11.1 Å². The molecule has 0 spiro atoms. The van der Waals surface area contributed by atoms with Crippen LogP contribution >= 0.6 is 11.8 Å². The third-order valence-electron chi connectivity index (χ3n) is 4.37. The van der Waals surface area contributed by atoms with Gasteiger partial charge in [-0.3, -0.25) is 14.3 Å². The fraction of sp³-hybridized carbons (Fsp3) is 0.0909. The summed E-state index contributed by atoms with van der Waals surface area (Å²) < 4.78 is 40.5. The standard InChI is InChI=1S/C22H16F3N5OS/c23-22(24,25)15-9-11-17(12-10-15)30-20(18-8-4-5-13-26-18)28-29-21(30)32-14-19(31)27-16-6-2-1-3-7-16/h1-13H,14H2,(H,27,31). The van der Waals surface area contributed by atoms with Crippen molar-refractivity contribution in [3.05, 3.63) is 84.6 Å². The Hall–Kier alpha value is -3.66. The number of rotatable bonds is 6. The molecular weight excluding hydrogens is 439 g/mol. The van der Waals surface area contributed by atoms with Gasteiger partial charge in [-0.05, 0) is 48.5 Å². The summed E-state index contributed by atoms with van der Waals surface area (Å²) in [6, 6.07) is 18.9. The summed E-state index contributed by atoms with van der Waals surface area (Å²) in [7, 11) is 0. The minimum absolute atomic E-state index is 0.0376. The quantitative estimate of drug-likeness (QED) is 0.411. The van der Waals surface area contributed by atoms with E-state index in [4.69, 9.17) is 0 Å². The molecule has 0 radical (unpaired) electrons. The third-order valence-corrected chi connectivity index (χ3v) is 5.30. The summed E-state index contributed by atoms with van der Waals surface area (Å²) in [5.74, 6) is 0.148. The van der Waals surface area contributed by atoms with Crippen molar-refractivity contribution in [3.63, 3.8) is 0 Å². The summed E-state index contributed by atoms with van der Waals surface area (Å²) in [6.07, 6.45) is -2.86. The monoisotopic (exact) mass is 455 g/mol. The first-order valence-corrected chi connectivity index (χ1v) is 10.4. The van der Waals surface area contributed by atoms with Crippen LogP contribution in [0, 0.1) is 0 Å². The van der Waals surface area contributed by atoms with Crippen LogP contribution in [0.15, 0.2) is 84.1 Å². The van der Waals surface area contributed by atoms with Gasteiger partial charge in [-0.1, -0.05) is 36.0 Å². The molecule has 0 saturated heterocycles. The van der Waals surface area contributed by atoms with Crippen molar-refractivity contribution in [1.29, 1.82) is 0 Å². The number of aromatic nitrogens is 4. The maximum Gasteiger partial charge on any atom is 0.416 e. The second-order valence-corrected chi connectivity index (χ2v) is 7.55. The Morgan fingerprint density at radius 2 is 1.66 bits per heavy atom. The number of benzene rings is 2. The highest BCUT2D eigenvalue weighted by Gasteiger charge is 2.30. The Balaban J connectivity index is 1.62. The zero-order chi connectivity index (χ0) is 22.6. The molecule has 1 N–H and O–H groups in total. The average molecular weight is 455 g/mol. The molecule has 2 aromatic heterocycles. The number of amides is 1. The number of pyridine rings is 1. The van der Waals surface area contributed by atoms with Gasteiger partial charge in [0.25, 0.3) is 0 Å². The number of hydrogen-bond donors (Lipinski definition) is 1. The number of halogens is 3. The minimum atomic E-state index is -4.44. The Bertz CT molecular complexity index is 1200. The third kappa shape index (κ3) is 4.97. The van der Waals surface area contributed by atoms with Gasteiger partial charge in [0.1, 0.15) is 5.69 Å². The van der Waals surface area contributed by atoms with Gasteiger partial charge in [-0.2, -0.15) is 13.2 Å².